The predicted molar refractivity (Wildman–Crippen MR) is 80.6 cm³/mol. The van der Waals surface area contributed by atoms with Crippen LogP contribution < -0.4 is 10.6 Å². The molecule has 0 unspecified atom stereocenters. The van der Waals surface area contributed by atoms with E-state index in [1.807, 2.05) is 48.3 Å². The third-order valence-corrected chi connectivity index (χ3v) is 3.55. The second-order valence-corrected chi connectivity index (χ2v) is 5.18. The number of benzene rings is 2. The van der Waals surface area contributed by atoms with E-state index in [2.05, 4.69) is 20.9 Å². The first kappa shape index (κ1) is 12.0. The average molecular weight is 318 g/mol. The first-order valence-electron chi connectivity index (χ1n) is 5.77. The number of oxazole rings is 1. The standard InChI is InChI=1S/C14H12BrN3O/c1-18(13-5-2-9(15)6-11(13)16)10-3-4-12-14(7-10)19-8-17-12/h2-8H,16H2,1H3. The molecular formula is C14H12BrN3O. The molecule has 5 heteroatoms. The number of nitrogens with zero attached hydrogens (tertiary/aromatic N) is 2. The highest BCUT2D eigenvalue weighted by molar-refractivity contribution is 9.10. The molecule has 96 valence electrons. The molecule has 0 amide bonds. The fourth-order valence-corrected chi connectivity index (χ4v) is 2.40. The lowest BCUT2D eigenvalue weighted by Crippen LogP contribution is -2.11. The molecule has 1 aromatic heterocycles. The van der Waals surface area contributed by atoms with Crippen molar-refractivity contribution in [3.05, 3.63) is 47.3 Å². The van der Waals surface area contributed by atoms with Gasteiger partial charge in [0.05, 0.1) is 11.4 Å². The molecule has 19 heavy (non-hydrogen) atoms. The molecule has 0 saturated heterocycles. The first-order valence-corrected chi connectivity index (χ1v) is 6.56. The van der Waals surface area contributed by atoms with Gasteiger partial charge in [-0.15, -0.1) is 0 Å². The van der Waals surface area contributed by atoms with Crippen LogP contribution in [0.1, 0.15) is 0 Å². The fraction of sp³-hybridized carbons (Fsp3) is 0.0714. The number of fused-ring (bicyclic) bond motifs is 1. The van der Waals surface area contributed by atoms with E-state index < -0.39 is 0 Å². The maximum absolute atomic E-state index is 6.04. The quantitative estimate of drug-likeness (QED) is 0.727. The van der Waals surface area contributed by atoms with Crippen LogP contribution in [-0.4, -0.2) is 12.0 Å². The number of hydrogen-bond donors (Lipinski definition) is 1. The number of halogens is 1. The first-order chi connectivity index (χ1) is 9.15. The smallest absolute Gasteiger partial charge is 0.181 e. The van der Waals surface area contributed by atoms with Gasteiger partial charge in [0.25, 0.3) is 0 Å². The Balaban J connectivity index is 2.04. The minimum absolute atomic E-state index is 0.717. The molecule has 4 nitrogen and oxygen atoms in total. The molecule has 3 aromatic rings. The highest BCUT2D eigenvalue weighted by atomic mass is 79.9. The zero-order valence-electron chi connectivity index (χ0n) is 10.3. The molecule has 0 aliphatic carbocycles. The Hall–Kier alpha value is -2.01. The van der Waals surface area contributed by atoms with E-state index in [-0.39, 0.29) is 0 Å². The lowest BCUT2D eigenvalue weighted by Gasteiger charge is -2.21. The highest BCUT2D eigenvalue weighted by Crippen LogP contribution is 2.32. The van der Waals surface area contributed by atoms with Gasteiger partial charge < -0.3 is 15.1 Å². The largest absolute Gasteiger partial charge is 0.443 e. The van der Waals surface area contributed by atoms with E-state index in [9.17, 15) is 0 Å². The lowest BCUT2D eigenvalue weighted by atomic mass is 10.2. The Morgan fingerprint density at radius 2 is 2.05 bits per heavy atom. The van der Waals surface area contributed by atoms with Crippen LogP contribution in [0.3, 0.4) is 0 Å². The van der Waals surface area contributed by atoms with E-state index in [1.165, 1.54) is 6.39 Å². The van der Waals surface area contributed by atoms with Gasteiger partial charge in [-0.05, 0) is 30.3 Å². The zero-order valence-corrected chi connectivity index (χ0v) is 11.9. The van der Waals surface area contributed by atoms with Gasteiger partial charge in [0.15, 0.2) is 12.0 Å². The number of anilines is 3. The maximum atomic E-state index is 6.04. The third kappa shape index (κ3) is 2.17. The van der Waals surface area contributed by atoms with Gasteiger partial charge in [0.2, 0.25) is 0 Å². The van der Waals surface area contributed by atoms with Crippen LogP contribution in [0.2, 0.25) is 0 Å². The Labute approximate surface area is 119 Å². The van der Waals surface area contributed by atoms with Gasteiger partial charge in [0, 0.05) is 23.3 Å². The summed E-state index contributed by atoms with van der Waals surface area (Å²) in [5.41, 5.74) is 10.3. The number of rotatable bonds is 2. The summed E-state index contributed by atoms with van der Waals surface area (Å²) in [5, 5.41) is 0. The summed E-state index contributed by atoms with van der Waals surface area (Å²) in [6.45, 7) is 0. The summed E-state index contributed by atoms with van der Waals surface area (Å²) >= 11 is 3.41. The SMILES string of the molecule is CN(c1ccc2ncoc2c1)c1ccc(Br)cc1N. The van der Waals surface area contributed by atoms with E-state index in [1.54, 1.807) is 0 Å². The van der Waals surface area contributed by atoms with Crippen LogP contribution in [0, 0.1) is 0 Å². The molecule has 1 heterocycles. The molecule has 0 saturated carbocycles. The Bertz CT molecular complexity index is 738. The minimum Gasteiger partial charge on any atom is -0.443 e. The van der Waals surface area contributed by atoms with E-state index in [4.69, 9.17) is 10.2 Å². The van der Waals surface area contributed by atoms with Gasteiger partial charge in [-0.2, -0.15) is 0 Å². The van der Waals surface area contributed by atoms with Crippen LogP contribution in [0.15, 0.2) is 51.7 Å². The fourth-order valence-electron chi connectivity index (χ4n) is 2.02. The number of aromatic nitrogens is 1. The number of hydrogen-bond acceptors (Lipinski definition) is 4. The second kappa shape index (κ2) is 4.59. The monoisotopic (exact) mass is 317 g/mol. The highest BCUT2D eigenvalue weighted by Gasteiger charge is 2.09. The van der Waals surface area contributed by atoms with Crippen molar-refractivity contribution in [1.29, 1.82) is 0 Å². The van der Waals surface area contributed by atoms with Crippen molar-refractivity contribution in [2.24, 2.45) is 0 Å². The second-order valence-electron chi connectivity index (χ2n) is 4.27. The molecule has 0 radical (unpaired) electrons. The van der Waals surface area contributed by atoms with E-state index >= 15 is 0 Å². The van der Waals surface area contributed by atoms with Gasteiger partial charge in [-0.3, -0.25) is 0 Å². The summed E-state index contributed by atoms with van der Waals surface area (Å²) in [7, 11) is 1.97. The van der Waals surface area contributed by atoms with Gasteiger partial charge in [-0.1, -0.05) is 15.9 Å². The molecular weight excluding hydrogens is 306 g/mol. The summed E-state index contributed by atoms with van der Waals surface area (Å²) in [6.07, 6.45) is 1.45. The average Bonchev–Trinajstić information content (AvgIpc) is 2.85. The van der Waals surface area contributed by atoms with Crippen molar-refractivity contribution >= 4 is 44.1 Å². The van der Waals surface area contributed by atoms with Crippen LogP contribution in [0.25, 0.3) is 11.1 Å². The Morgan fingerprint density at radius 1 is 1.21 bits per heavy atom. The van der Waals surface area contributed by atoms with Crippen molar-refractivity contribution in [2.75, 3.05) is 17.7 Å². The Morgan fingerprint density at radius 3 is 2.84 bits per heavy atom. The Kier molecular flexibility index (Phi) is 2.91. The third-order valence-electron chi connectivity index (χ3n) is 3.05. The van der Waals surface area contributed by atoms with Crippen molar-refractivity contribution < 1.29 is 4.42 Å². The van der Waals surface area contributed by atoms with Crippen LogP contribution in [-0.2, 0) is 0 Å². The summed E-state index contributed by atoms with van der Waals surface area (Å²) in [4.78, 5) is 6.12. The van der Waals surface area contributed by atoms with Crippen LogP contribution >= 0.6 is 15.9 Å². The summed E-state index contributed by atoms with van der Waals surface area (Å²) in [5.74, 6) is 0. The molecule has 2 aromatic carbocycles. The number of nitrogen functional groups attached to an aromatic ring is 1. The molecule has 0 aliphatic heterocycles. The predicted octanol–water partition coefficient (Wildman–Crippen LogP) is 3.94. The molecule has 0 atom stereocenters. The summed E-state index contributed by atoms with van der Waals surface area (Å²) in [6, 6.07) is 11.7. The molecule has 0 fully saturated rings. The molecule has 0 aliphatic rings. The topological polar surface area (TPSA) is 55.3 Å². The van der Waals surface area contributed by atoms with Crippen LogP contribution in [0.4, 0.5) is 17.1 Å². The van der Waals surface area contributed by atoms with E-state index in [0.717, 1.165) is 32.6 Å². The molecule has 0 spiro atoms. The minimum atomic E-state index is 0.717. The normalized spacial score (nSPS) is 10.8. The van der Waals surface area contributed by atoms with Crippen molar-refractivity contribution in [1.82, 2.24) is 4.98 Å². The molecule has 3 rings (SSSR count). The maximum Gasteiger partial charge on any atom is 0.181 e. The van der Waals surface area contributed by atoms with Gasteiger partial charge >= 0.3 is 0 Å². The number of nitrogens with two attached hydrogens (primary N) is 1. The van der Waals surface area contributed by atoms with Crippen molar-refractivity contribution in [2.45, 2.75) is 0 Å². The van der Waals surface area contributed by atoms with Crippen LogP contribution in [0.5, 0.6) is 0 Å². The lowest BCUT2D eigenvalue weighted by molar-refractivity contribution is 0.602. The van der Waals surface area contributed by atoms with Gasteiger partial charge in [0.1, 0.15) is 5.52 Å². The molecule has 0 bridgehead atoms. The van der Waals surface area contributed by atoms with E-state index in [0.29, 0.717) is 0 Å². The zero-order chi connectivity index (χ0) is 13.4. The van der Waals surface area contributed by atoms with Crippen molar-refractivity contribution in [3.63, 3.8) is 0 Å². The van der Waals surface area contributed by atoms with Crippen molar-refractivity contribution in [3.8, 4) is 0 Å². The van der Waals surface area contributed by atoms with Gasteiger partial charge in [-0.25, -0.2) is 4.98 Å². The molecule has 2 N–H and O–H groups in total. The summed E-state index contributed by atoms with van der Waals surface area (Å²) < 4.78 is 6.28.